The number of tetrazole rings is 1. The van der Waals surface area contributed by atoms with Crippen molar-refractivity contribution < 1.29 is 40.9 Å². The number of hydrogen-bond donors (Lipinski definition) is 1. The summed E-state index contributed by atoms with van der Waals surface area (Å²) >= 11 is -1.03. The number of halogens is 1. The number of aromatic nitrogens is 4. The summed E-state index contributed by atoms with van der Waals surface area (Å²) in [6, 6.07) is 24.1. The Hall–Kier alpha value is -4.83. The van der Waals surface area contributed by atoms with E-state index in [0.29, 0.717) is 31.9 Å². The maximum Gasteiger partial charge on any atom is 0.407 e. The molecule has 16 nitrogen and oxygen atoms in total. The SMILES string of the molecule is COc1ccc(CN(Cc2ccc(OC)cc2)S(=O)(=O)c2c(N(CCNC(=O)OC(C)(C)C)S(=O)[O-])ccc(I)c2-c2nnnn2Cc2ccc(OC)cc2)cc1. The lowest BCUT2D eigenvalue weighted by Crippen LogP contribution is -2.39. The topological polar surface area (TPSA) is 190 Å². The van der Waals surface area contributed by atoms with E-state index in [1.54, 1.807) is 94.6 Å². The molecule has 304 valence electrons. The van der Waals surface area contributed by atoms with E-state index >= 15 is 8.42 Å². The number of alkyl carbamates (subject to hydrolysis) is 1. The van der Waals surface area contributed by atoms with Crippen LogP contribution in [0.1, 0.15) is 37.5 Å². The summed E-state index contributed by atoms with van der Waals surface area (Å²) in [6.07, 6.45) is -0.766. The molecule has 0 aliphatic rings. The molecule has 0 fully saturated rings. The van der Waals surface area contributed by atoms with E-state index in [0.717, 1.165) is 9.87 Å². The van der Waals surface area contributed by atoms with E-state index in [4.69, 9.17) is 18.9 Å². The maximum absolute atomic E-state index is 15.5. The largest absolute Gasteiger partial charge is 0.755 e. The maximum atomic E-state index is 15.5. The number of carbonyl (C=O) groups is 1. The van der Waals surface area contributed by atoms with Crippen LogP contribution in [-0.4, -0.2) is 87.8 Å². The normalized spacial score (nSPS) is 12.2. The van der Waals surface area contributed by atoms with Gasteiger partial charge in [0, 0.05) is 41.0 Å². The highest BCUT2D eigenvalue weighted by atomic mass is 127. The molecule has 1 unspecified atom stereocenters. The number of anilines is 1. The van der Waals surface area contributed by atoms with Crippen molar-refractivity contribution in [1.82, 2.24) is 29.8 Å². The van der Waals surface area contributed by atoms with Gasteiger partial charge in [-0.2, -0.15) is 4.31 Å². The molecule has 1 aromatic heterocycles. The summed E-state index contributed by atoms with van der Waals surface area (Å²) < 4.78 is 82.6. The zero-order valence-corrected chi connectivity index (χ0v) is 36.0. The first-order valence-electron chi connectivity index (χ1n) is 17.4. The van der Waals surface area contributed by atoms with Gasteiger partial charge in [0.25, 0.3) is 0 Å². The Labute approximate surface area is 348 Å². The van der Waals surface area contributed by atoms with Crippen molar-refractivity contribution in [3.63, 3.8) is 0 Å². The first-order valence-corrected chi connectivity index (χ1v) is 21.0. The van der Waals surface area contributed by atoms with Crippen molar-refractivity contribution in [3.05, 3.63) is 105 Å². The Morgan fingerprint density at radius 2 is 1.35 bits per heavy atom. The second kappa shape index (κ2) is 19.1. The number of ether oxygens (including phenoxy) is 4. The number of carbonyl (C=O) groups excluding carboxylic acids is 1. The third-order valence-corrected chi connectivity index (χ3v) is 11.9. The van der Waals surface area contributed by atoms with Crippen LogP contribution >= 0.6 is 22.6 Å². The molecule has 4 aromatic carbocycles. The highest BCUT2D eigenvalue weighted by molar-refractivity contribution is 14.1. The smallest absolute Gasteiger partial charge is 0.407 e. The number of amides is 1. The lowest BCUT2D eigenvalue weighted by Gasteiger charge is -2.32. The fraction of sp³-hybridized carbons (Fsp3) is 0.316. The predicted octanol–water partition coefficient (Wildman–Crippen LogP) is 5.54. The molecule has 0 bridgehead atoms. The van der Waals surface area contributed by atoms with Crippen molar-refractivity contribution in [2.45, 2.75) is 50.9 Å². The second-order valence-electron chi connectivity index (χ2n) is 13.5. The fourth-order valence-corrected chi connectivity index (χ4v) is 8.96. The van der Waals surface area contributed by atoms with Crippen LogP contribution < -0.4 is 23.8 Å². The quantitative estimate of drug-likeness (QED) is 0.0908. The van der Waals surface area contributed by atoms with Crippen LogP contribution in [0.4, 0.5) is 10.5 Å². The van der Waals surface area contributed by atoms with Gasteiger partial charge in [0.05, 0.1) is 39.1 Å². The molecule has 1 heterocycles. The Morgan fingerprint density at radius 3 is 1.82 bits per heavy atom. The highest BCUT2D eigenvalue weighted by Crippen LogP contribution is 2.41. The van der Waals surface area contributed by atoms with Crippen LogP contribution in [0, 0.1) is 3.57 Å². The van der Waals surface area contributed by atoms with E-state index in [-0.39, 0.29) is 54.7 Å². The van der Waals surface area contributed by atoms with Crippen LogP contribution in [-0.2, 0) is 45.7 Å². The molecule has 5 rings (SSSR count). The van der Waals surface area contributed by atoms with E-state index in [1.807, 2.05) is 34.7 Å². The zero-order valence-electron chi connectivity index (χ0n) is 32.2. The third kappa shape index (κ3) is 11.2. The lowest BCUT2D eigenvalue weighted by molar-refractivity contribution is 0.0529. The van der Waals surface area contributed by atoms with Crippen LogP contribution in [0.2, 0.25) is 0 Å². The average molecular weight is 933 g/mol. The fourth-order valence-electron chi connectivity index (χ4n) is 5.68. The Bertz CT molecular complexity index is 2220. The van der Waals surface area contributed by atoms with Gasteiger partial charge in [-0.15, -0.1) is 5.10 Å². The molecular weight excluding hydrogens is 889 g/mol. The van der Waals surface area contributed by atoms with E-state index in [2.05, 4.69) is 20.8 Å². The summed E-state index contributed by atoms with van der Waals surface area (Å²) in [6.45, 7) is 4.46. The lowest BCUT2D eigenvalue weighted by atomic mass is 10.1. The minimum atomic E-state index is -4.67. The van der Waals surface area contributed by atoms with E-state index in [9.17, 15) is 13.6 Å². The molecule has 1 amide bonds. The summed E-state index contributed by atoms with van der Waals surface area (Å²) in [5.41, 5.74) is 1.16. The third-order valence-electron chi connectivity index (χ3n) is 8.40. The van der Waals surface area contributed by atoms with Crippen molar-refractivity contribution >= 4 is 55.7 Å². The molecule has 57 heavy (non-hydrogen) atoms. The van der Waals surface area contributed by atoms with Gasteiger partial charge in [-0.25, -0.2) is 17.9 Å². The van der Waals surface area contributed by atoms with Crippen LogP contribution in [0.5, 0.6) is 17.2 Å². The number of nitrogens with zero attached hydrogens (tertiary/aromatic N) is 6. The van der Waals surface area contributed by atoms with Gasteiger partial charge in [0.2, 0.25) is 10.0 Å². The first kappa shape index (κ1) is 43.3. The molecule has 1 atom stereocenters. The minimum Gasteiger partial charge on any atom is -0.755 e. The van der Waals surface area contributed by atoms with Gasteiger partial charge >= 0.3 is 6.09 Å². The number of methoxy groups -OCH3 is 3. The Morgan fingerprint density at radius 1 is 0.842 bits per heavy atom. The summed E-state index contributed by atoms with van der Waals surface area (Å²) in [4.78, 5) is 12.2. The summed E-state index contributed by atoms with van der Waals surface area (Å²) in [7, 11) is -0.0399. The van der Waals surface area contributed by atoms with Gasteiger partial charge in [-0.05, 0) is 119 Å². The number of sulfonamides is 1. The number of benzene rings is 4. The van der Waals surface area contributed by atoms with Crippen LogP contribution in [0.15, 0.2) is 89.8 Å². The molecule has 19 heteroatoms. The molecular formula is C38H43IN7O9S2-. The van der Waals surface area contributed by atoms with E-state index in [1.165, 1.54) is 29.3 Å². The first-order chi connectivity index (χ1) is 27.1. The van der Waals surface area contributed by atoms with Gasteiger partial charge in [0.1, 0.15) is 27.7 Å². The van der Waals surface area contributed by atoms with Crippen LogP contribution in [0.25, 0.3) is 11.4 Å². The van der Waals surface area contributed by atoms with Gasteiger partial charge in [-0.3, -0.25) is 8.51 Å². The van der Waals surface area contributed by atoms with Gasteiger partial charge < -0.3 is 28.8 Å². The van der Waals surface area contributed by atoms with Gasteiger partial charge in [-0.1, -0.05) is 36.4 Å². The standard InChI is InChI=1S/C38H44IN7O9S2/c1-38(2,3)55-37(47)40-21-22-46(56(48)49)33-20-19-32(39)34(36-41-42-43-45(36)25-28-11-17-31(54-6)18-12-28)35(33)57(50,51)44(23-26-7-13-29(52-4)14-8-26)24-27-9-15-30(53-5)16-10-27/h7-20H,21-25H2,1-6H3,(H,40,47)(H,48,49)/p-1. The number of nitrogens with one attached hydrogen (secondary N) is 1. The molecule has 0 saturated heterocycles. The monoisotopic (exact) mass is 932 g/mol. The van der Waals surface area contributed by atoms with Crippen LogP contribution in [0.3, 0.4) is 0 Å². The van der Waals surface area contributed by atoms with Crippen molar-refractivity contribution in [2.24, 2.45) is 0 Å². The number of hydrogen-bond acceptors (Lipinski definition) is 12. The molecule has 1 N–H and O–H groups in total. The molecule has 0 aliphatic heterocycles. The van der Waals surface area contributed by atoms with Crippen molar-refractivity contribution in [1.29, 1.82) is 0 Å². The molecule has 0 radical (unpaired) electrons. The highest BCUT2D eigenvalue weighted by Gasteiger charge is 2.36. The van der Waals surface area contributed by atoms with Crippen molar-refractivity contribution in [2.75, 3.05) is 38.7 Å². The minimum absolute atomic E-state index is 0.0769. The van der Waals surface area contributed by atoms with Gasteiger partial charge in [0.15, 0.2) is 5.82 Å². The second-order valence-corrected chi connectivity index (χ2v) is 17.4. The Balaban J connectivity index is 1.69. The van der Waals surface area contributed by atoms with Crippen molar-refractivity contribution in [3.8, 4) is 28.6 Å². The zero-order chi connectivity index (χ0) is 41.3. The summed E-state index contributed by atoms with van der Waals surface area (Å²) in [5, 5.41) is 15.0. The molecule has 5 aromatic rings. The predicted molar refractivity (Wildman–Crippen MR) is 221 cm³/mol. The Kier molecular flexibility index (Phi) is 14.5. The average Bonchev–Trinajstić information content (AvgIpc) is 3.63. The summed E-state index contributed by atoms with van der Waals surface area (Å²) in [5.74, 6) is 1.89. The van der Waals surface area contributed by atoms with E-state index < -0.39 is 33.0 Å². The molecule has 0 spiro atoms. The molecule has 0 saturated carbocycles. The number of rotatable bonds is 17. The molecule has 0 aliphatic carbocycles.